The molecule has 0 unspecified atom stereocenters. The molecule has 166 valence electrons. The molecule has 0 radical (unpaired) electrons. The molecular formula is C25H26FN3O3. The molecule has 3 aromatic rings. The van der Waals surface area contributed by atoms with Gasteiger partial charge >= 0.3 is 5.97 Å². The highest BCUT2D eigenvalue weighted by Gasteiger charge is 2.24. The number of hydrogen-bond acceptors (Lipinski definition) is 4. The number of carboxylic acid groups (broad SMARTS) is 1. The van der Waals surface area contributed by atoms with E-state index in [1.165, 1.54) is 12.1 Å². The maximum atomic E-state index is 13.1. The van der Waals surface area contributed by atoms with Crippen LogP contribution in [0.4, 0.5) is 10.1 Å². The number of carboxylic acids is 1. The van der Waals surface area contributed by atoms with E-state index in [-0.39, 0.29) is 11.7 Å². The first-order valence-corrected chi connectivity index (χ1v) is 10.3. The van der Waals surface area contributed by atoms with Crippen LogP contribution in [0.1, 0.15) is 35.2 Å². The first-order chi connectivity index (χ1) is 15.4. The van der Waals surface area contributed by atoms with Crippen LogP contribution in [0.2, 0.25) is 0 Å². The molecule has 6 nitrogen and oxygen atoms in total. The number of aryl methyl sites for hydroxylation is 1. The van der Waals surface area contributed by atoms with E-state index in [0.29, 0.717) is 35.6 Å². The number of ether oxygens (including phenoxy) is 1. The molecule has 0 aromatic heterocycles. The number of carbonyl (C=O) groups is 1. The molecule has 0 heterocycles. The largest absolute Gasteiger partial charge is 0.493 e. The molecule has 3 rings (SSSR count). The zero-order valence-electron chi connectivity index (χ0n) is 17.8. The second-order valence-electron chi connectivity index (χ2n) is 7.36. The molecule has 0 spiro atoms. The van der Waals surface area contributed by atoms with Crippen molar-refractivity contribution in [2.75, 3.05) is 11.9 Å². The molecule has 0 amide bonds. The second kappa shape index (κ2) is 10.4. The summed E-state index contributed by atoms with van der Waals surface area (Å²) >= 11 is 0. The standard InChI is InChI=1S/C25H26FN3O3/c1-2-16-5-12-22(32-14-13-17-3-8-19(26)9-4-17)21(15-16)23(25(30)31)29-20-10-6-18(7-11-20)24(27)28/h3-12,15,23,29H,2,13-14H2,1H3,(H3,27,28)(H,30,31)/t23-/m1/s1. The second-order valence-corrected chi connectivity index (χ2v) is 7.36. The Morgan fingerprint density at radius 1 is 1.09 bits per heavy atom. The number of halogens is 1. The predicted octanol–water partition coefficient (Wildman–Crippen LogP) is 4.53. The minimum atomic E-state index is -1.04. The molecule has 0 bridgehead atoms. The molecule has 5 N–H and O–H groups in total. The SMILES string of the molecule is CCc1ccc(OCCc2ccc(F)cc2)c([C@@H](Nc2ccc(C(=N)N)cc2)C(=O)O)c1. The fraction of sp³-hybridized carbons (Fsp3) is 0.200. The van der Waals surface area contributed by atoms with E-state index in [0.717, 1.165) is 17.5 Å². The first-order valence-electron chi connectivity index (χ1n) is 10.3. The Labute approximate surface area is 186 Å². The van der Waals surface area contributed by atoms with Crippen molar-refractivity contribution in [2.24, 2.45) is 5.73 Å². The summed E-state index contributed by atoms with van der Waals surface area (Å²) in [5.41, 5.74) is 9.07. The predicted molar refractivity (Wildman–Crippen MR) is 123 cm³/mol. The van der Waals surface area contributed by atoms with Crippen LogP contribution in [-0.4, -0.2) is 23.5 Å². The third-order valence-corrected chi connectivity index (χ3v) is 5.11. The van der Waals surface area contributed by atoms with E-state index < -0.39 is 12.0 Å². The van der Waals surface area contributed by atoms with E-state index in [1.54, 1.807) is 42.5 Å². The summed E-state index contributed by atoms with van der Waals surface area (Å²) in [6.07, 6.45) is 1.31. The van der Waals surface area contributed by atoms with Gasteiger partial charge in [-0.2, -0.15) is 0 Å². The zero-order valence-corrected chi connectivity index (χ0v) is 17.8. The van der Waals surface area contributed by atoms with Gasteiger partial charge in [-0.3, -0.25) is 5.41 Å². The van der Waals surface area contributed by atoms with Crippen LogP contribution in [0.3, 0.4) is 0 Å². The van der Waals surface area contributed by atoms with E-state index in [4.69, 9.17) is 15.9 Å². The van der Waals surface area contributed by atoms with Gasteiger partial charge in [0.05, 0.1) is 6.61 Å². The summed E-state index contributed by atoms with van der Waals surface area (Å²) in [7, 11) is 0. The normalized spacial score (nSPS) is 11.6. The summed E-state index contributed by atoms with van der Waals surface area (Å²) in [5, 5.41) is 20.5. The van der Waals surface area contributed by atoms with Crippen molar-refractivity contribution in [3.05, 3.63) is 94.8 Å². The van der Waals surface area contributed by atoms with Gasteiger partial charge in [-0.05, 0) is 66.1 Å². The number of benzene rings is 3. The molecule has 32 heavy (non-hydrogen) atoms. The number of nitrogens with one attached hydrogen (secondary N) is 2. The van der Waals surface area contributed by atoms with Crippen LogP contribution in [0.5, 0.6) is 5.75 Å². The molecule has 0 aliphatic carbocycles. The number of nitrogens with two attached hydrogens (primary N) is 1. The van der Waals surface area contributed by atoms with E-state index in [1.807, 2.05) is 19.1 Å². The summed E-state index contributed by atoms with van der Waals surface area (Å²) < 4.78 is 19.0. The van der Waals surface area contributed by atoms with Gasteiger partial charge in [-0.15, -0.1) is 0 Å². The van der Waals surface area contributed by atoms with Crippen LogP contribution in [0.25, 0.3) is 0 Å². The molecule has 0 aliphatic heterocycles. The molecule has 3 aromatic carbocycles. The number of aliphatic carboxylic acids is 1. The molecule has 0 fully saturated rings. The average Bonchev–Trinajstić information content (AvgIpc) is 2.79. The molecule has 0 saturated carbocycles. The highest BCUT2D eigenvalue weighted by atomic mass is 19.1. The highest BCUT2D eigenvalue weighted by Crippen LogP contribution is 2.30. The first kappa shape index (κ1) is 22.8. The third-order valence-electron chi connectivity index (χ3n) is 5.11. The van der Waals surface area contributed by atoms with Crippen LogP contribution < -0.4 is 15.8 Å². The van der Waals surface area contributed by atoms with Gasteiger partial charge in [-0.1, -0.05) is 25.1 Å². The van der Waals surface area contributed by atoms with E-state index in [9.17, 15) is 14.3 Å². The maximum Gasteiger partial charge on any atom is 0.330 e. The maximum absolute atomic E-state index is 13.1. The number of rotatable bonds is 10. The van der Waals surface area contributed by atoms with Crippen molar-refractivity contribution < 1.29 is 19.0 Å². The quantitative estimate of drug-likeness (QED) is 0.276. The molecule has 0 saturated heterocycles. The monoisotopic (exact) mass is 435 g/mol. The van der Waals surface area contributed by atoms with Crippen molar-refractivity contribution in [3.63, 3.8) is 0 Å². The lowest BCUT2D eigenvalue weighted by Crippen LogP contribution is -2.22. The average molecular weight is 435 g/mol. The van der Waals surface area contributed by atoms with Crippen LogP contribution in [-0.2, 0) is 17.6 Å². The van der Waals surface area contributed by atoms with Crippen molar-refractivity contribution in [3.8, 4) is 5.75 Å². The van der Waals surface area contributed by atoms with Crippen molar-refractivity contribution in [1.29, 1.82) is 5.41 Å². The fourth-order valence-electron chi connectivity index (χ4n) is 3.29. The summed E-state index contributed by atoms with van der Waals surface area (Å²) in [4.78, 5) is 12.2. The van der Waals surface area contributed by atoms with Crippen LogP contribution in [0, 0.1) is 11.2 Å². The fourth-order valence-corrected chi connectivity index (χ4v) is 3.29. The smallest absolute Gasteiger partial charge is 0.330 e. The number of anilines is 1. The Balaban J connectivity index is 1.82. The Kier molecular flexibility index (Phi) is 7.44. The van der Waals surface area contributed by atoms with Gasteiger partial charge < -0.3 is 20.9 Å². The summed E-state index contributed by atoms with van der Waals surface area (Å²) in [6.45, 7) is 2.32. The van der Waals surface area contributed by atoms with Crippen LogP contribution >= 0.6 is 0 Å². The highest BCUT2D eigenvalue weighted by molar-refractivity contribution is 5.95. The van der Waals surface area contributed by atoms with Gasteiger partial charge in [0.15, 0.2) is 6.04 Å². The van der Waals surface area contributed by atoms with Crippen molar-refractivity contribution in [1.82, 2.24) is 0 Å². The Morgan fingerprint density at radius 2 is 1.75 bits per heavy atom. The number of amidine groups is 1. The van der Waals surface area contributed by atoms with Gasteiger partial charge in [0.2, 0.25) is 0 Å². The minimum absolute atomic E-state index is 0.0566. The Bertz CT molecular complexity index is 1080. The van der Waals surface area contributed by atoms with E-state index in [2.05, 4.69) is 5.32 Å². The lowest BCUT2D eigenvalue weighted by molar-refractivity contribution is -0.138. The van der Waals surface area contributed by atoms with Gasteiger partial charge in [-0.25, -0.2) is 9.18 Å². The molecule has 7 heteroatoms. The lowest BCUT2D eigenvalue weighted by Gasteiger charge is -2.21. The Hall–Kier alpha value is -3.87. The summed E-state index contributed by atoms with van der Waals surface area (Å²) in [5.74, 6) is -0.917. The summed E-state index contributed by atoms with van der Waals surface area (Å²) in [6, 6.07) is 17.4. The van der Waals surface area contributed by atoms with E-state index >= 15 is 0 Å². The van der Waals surface area contributed by atoms with Crippen molar-refractivity contribution >= 4 is 17.5 Å². The van der Waals surface area contributed by atoms with Crippen molar-refractivity contribution in [2.45, 2.75) is 25.8 Å². The lowest BCUT2D eigenvalue weighted by atomic mass is 10.0. The minimum Gasteiger partial charge on any atom is -0.493 e. The third kappa shape index (κ3) is 5.85. The van der Waals surface area contributed by atoms with Gasteiger partial charge in [0, 0.05) is 23.2 Å². The topological polar surface area (TPSA) is 108 Å². The van der Waals surface area contributed by atoms with Gasteiger partial charge in [0.25, 0.3) is 0 Å². The van der Waals surface area contributed by atoms with Crippen LogP contribution in [0.15, 0.2) is 66.7 Å². The molecule has 0 aliphatic rings. The number of nitrogen functional groups attached to an aromatic ring is 1. The molecule has 1 atom stereocenters. The molecular weight excluding hydrogens is 409 g/mol. The zero-order chi connectivity index (χ0) is 23.1. The van der Waals surface area contributed by atoms with Gasteiger partial charge in [0.1, 0.15) is 17.4 Å². The Morgan fingerprint density at radius 3 is 2.34 bits per heavy atom. The number of hydrogen-bond donors (Lipinski definition) is 4.